The molecule has 1 aliphatic carbocycles. The first-order valence-electron chi connectivity index (χ1n) is 7.46. The van der Waals surface area contributed by atoms with Gasteiger partial charge in [0, 0.05) is 11.7 Å². The average Bonchev–Trinajstić information content (AvgIpc) is 2.81. The molecule has 112 valence electrons. The Labute approximate surface area is 129 Å². The molecule has 0 bridgehead atoms. The number of aryl methyl sites for hydroxylation is 2. The van der Waals surface area contributed by atoms with E-state index < -0.39 is 0 Å². The van der Waals surface area contributed by atoms with Crippen molar-refractivity contribution < 1.29 is 0 Å². The van der Waals surface area contributed by atoms with Gasteiger partial charge in [-0.1, -0.05) is 30.9 Å². The average molecular weight is 306 g/mol. The monoisotopic (exact) mass is 305 g/mol. The van der Waals surface area contributed by atoms with Crippen molar-refractivity contribution in [1.29, 1.82) is 0 Å². The molecule has 1 aliphatic rings. The predicted molar refractivity (Wildman–Crippen MR) is 84.1 cm³/mol. The number of nitrogens with one attached hydrogen (secondary N) is 1. The van der Waals surface area contributed by atoms with Crippen LogP contribution < -0.4 is 5.32 Å². The van der Waals surface area contributed by atoms with E-state index in [1.54, 1.807) is 10.9 Å². The summed E-state index contributed by atoms with van der Waals surface area (Å²) in [6, 6.07) is 2.46. The maximum Gasteiger partial charge on any atom is 0.252 e. The van der Waals surface area contributed by atoms with Gasteiger partial charge >= 0.3 is 0 Å². The summed E-state index contributed by atoms with van der Waals surface area (Å²) in [6.07, 6.45) is 7.86. The van der Waals surface area contributed by atoms with Crippen LogP contribution in [-0.2, 0) is 0 Å². The highest BCUT2D eigenvalue weighted by molar-refractivity contribution is 6.32. The highest BCUT2D eigenvalue weighted by Gasteiger charge is 2.16. The molecule has 1 N–H and O–H groups in total. The largest absolute Gasteiger partial charge is 0.366 e. The molecule has 2 heterocycles. The molecule has 0 aliphatic heterocycles. The standard InChI is InChI=1S/C15H20ClN5/c1-10-8-11(2)21(20-10)15-17-9-13(16)14(19-15)18-12-6-4-3-5-7-12/h8-9,12H,3-7H2,1-2H3,(H,17,18,19). The maximum atomic E-state index is 6.23. The summed E-state index contributed by atoms with van der Waals surface area (Å²) < 4.78 is 1.75. The number of halogens is 1. The van der Waals surface area contributed by atoms with E-state index >= 15 is 0 Å². The number of aromatic nitrogens is 4. The van der Waals surface area contributed by atoms with Crippen molar-refractivity contribution >= 4 is 17.4 Å². The zero-order chi connectivity index (χ0) is 14.8. The summed E-state index contributed by atoms with van der Waals surface area (Å²) in [5, 5.41) is 8.44. The first-order chi connectivity index (χ1) is 10.1. The minimum absolute atomic E-state index is 0.458. The molecule has 0 saturated heterocycles. The Morgan fingerprint density at radius 1 is 1.24 bits per heavy atom. The lowest BCUT2D eigenvalue weighted by Crippen LogP contribution is -2.23. The highest BCUT2D eigenvalue weighted by atomic mass is 35.5. The van der Waals surface area contributed by atoms with Crippen molar-refractivity contribution in [3.05, 3.63) is 28.7 Å². The van der Waals surface area contributed by atoms with Crippen molar-refractivity contribution in [1.82, 2.24) is 19.7 Å². The van der Waals surface area contributed by atoms with E-state index in [0.717, 1.165) is 11.4 Å². The van der Waals surface area contributed by atoms with E-state index in [-0.39, 0.29) is 0 Å². The molecular formula is C15H20ClN5. The highest BCUT2D eigenvalue weighted by Crippen LogP contribution is 2.25. The van der Waals surface area contributed by atoms with Crippen LogP contribution in [0.3, 0.4) is 0 Å². The Balaban J connectivity index is 1.87. The minimum atomic E-state index is 0.458. The topological polar surface area (TPSA) is 55.6 Å². The van der Waals surface area contributed by atoms with E-state index in [9.17, 15) is 0 Å². The molecule has 0 atom stereocenters. The second-order valence-electron chi connectivity index (χ2n) is 5.68. The Morgan fingerprint density at radius 3 is 2.67 bits per heavy atom. The quantitative estimate of drug-likeness (QED) is 0.940. The van der Waals surface area contributed by atoms with E-state index in [1.807, 2.05) is 19.9 Å². The van der Waals surface area contributed by atoms with Crippen LogP contribution in [0.15, 0.2) is 12.3 Å². The minimum Gasteiger partial charge on any atom is -0.366 e. The zero-order valence-electron chi connectivity index (χ0n) is 12.4. The number of hydrogen-bond acceptors (Lipinski definition) is 4. The van der Waals surface area contributed by atoms with Gasteiger partial charge in [0.1, 0.15) is 5.02 Å². The van der Waals surface area contributed by atoms with Crippen molar-refractivity contribution in [3.8, 4) is 5.95 Å². The zero-order valence-corrected chi connectivity index (χ0v) is 13.2. The molecule has 0 unspecified atom stereocenters. The number of rotatable bonds is 3. The molecule has 0 amide bonds. The third kappa shape index (κ3) is 3.18. The third-order valence-electron chi connectivity index (χ3n) is 3.88. The smallest absolute Gasteiger partial charge is 0.252 e. The van der Waals surface area contributed by atoms with Gasteiger partial charge in [0.15, 0.2) is 5.82 Å². The normalized spacial score (nSPS) is 16.1. The molecule has 0 spiro atoms. The SMILES string of the molecule is Cc1cc(C)n(-c2ncc(Cl)c(NC3CCCCC3)n2)n1. The first kappa shape index (κ1) is 14.3. The molecule has 1 fully saturated rings. The molecule has 0 radical (unpaired) electrons. The molecule has 2 aromatic rings. The fourth-order valence-corrected chi connectivity index (χ4v) is 2.98. The molecule has 5 nitrogen and oxygen atoms in total. The van der Waals surface area contributed by atoms with Gasteiger partial charge in [0.25, 0.3) is 5.95 Å². The van der Waals surface area contributed by atoms with Gasteiger partial charge in [-0.05, 0) is 32.8 Å². The van der Waals surface area contributed by atoms with Crippen LogP contribution in [0.4, 0.5) is 5.82 Å². The number of nitrogens with zero attached hydrogens (tertiary/aromatic N) is 4. The molecule has 2 aromatic heterocycles. The Hall–Kier alpha value is -1.62. The van der Waals surface area contributed by atoms with Crippen LogP contribution in [0.2, 0.25) is 5.02 Å². The van der Waals surface area contributed by atoms with Crippen LogP contribution in [0.25, 0.3) is 5.95 Å². The fraction of sp³-hybridized carbons (Fsp3) is 0.533. The van der Waals surface area contributed by atoms with Gasteiger partial charge in [-0.15, -0.1) is 0 Å². The molecule has 3 rings (SSSR count). The van der Waals surface area contributed by atoms with Crippen LogP contribution >= 0.6 is 11.6 Å². The molecule has 1 saturated carbocycles. The number of hydrogen-bond donors (Lipinski definition) is 1. The van der Waals surface area contributed by atoms with Gasteiger partial charge in [-0.25, -0.2) is 9.67 Å². The number of anilines is 1. The van der Waals surface area contributed by atoms with Gasteiger partial charge < -0.3 is 5.32 Å². The van der Waals surface area contributed by atoms with E-state index in [2.05, 4.69) is 20.4 Å². The second kappa shape index (κ2) is 6.02. The fourth-order valence-electron chi connectivity index (χ4n) is 2.83. The van der Waals surface area contributed by atoms with Crippen LogP contribution in [0.5, 0.6) is 0 Å². The van der Waals surface area contributed by atoms with Crippen molar-refractivity contribution in [2.24, 2.45) is 0 Å². The Morgan fingerprint density at radius 2 is 2.00 bits per heavy atom. The molecule has 6 heteroatoms. The van der Waals surface area contributed by atoms with E-state index in [4.69, 9.17) is 11.6 Å². The van der Waals surface area contributed by atoms with Crippen LogP contribution in [-0.4, -0.2) is 25.8 Å². The molecule has 21 heavy (non-hydrogen) atoms. The van der Waals surface area contributed by atoms with Crippen molar-refractivity contribution in [2.75, 3.05) is 5.32 Å². The van der Waals surface area contributed by atoms with Crippen LogP contribution in [0, 0.1) is 13.8 Å². The second-order valence-corrected chi connectivity index (χ2v) is 6.09. The summed E-state index contributed by atoms with van der Waals surface area (Å²) >= 11 is 6.23. The van der Waals surface area contributed by atoms with Gasteiger partial charge in [0.05, 0.1) is 11.9 Å². The summed E-state index contributed by atoms with van der Waals surface area (Å²) in [4.78, 5) is 8.85. The van der Waals surface area contributed by atoms with Crippen molar-refractivity contribution in [2.45, 2.75) is 52.0 Å². The maximum absolute atomic E-state index is 6.23. The first-order valence-corrected chi connectivity index (χ1v) is 7.84. The lowest BCUT2D eigenvalue weighted by Gasteiger charge is -2.23. The lowest BCUT2D eigenvalue weighted by atomic mass is 9.95. The van der Waals surface area contributed by atoms with Gasteiger partial charge in [-0.3, -0.25) is 0 Å². The van der Waals surface area contributed by atoms with Crippen molar-refractivity contribution in [3.63, 3.8) is 0 Å². The summed E-state index contributed by atoms with van der Waals surface area (Å²) in [5.41, 5.74) is 1.96. The van der Waals surface area contributed by atoms with E-state index in [1.165, 1.54) is 32.1 Å². The third-order valence-corrected chi connectivity index (χ3v) is 4.15. The van der Waals surface area contributed by atoms with Crippen LogP contribution in [0.1, 0.15) is 43.5 Å². The van der Waals surface area contributed by atoms with E-state index in [0.29, 0.717) is 22.8 Å². The molecule has 0 aromatic carbocycles. The van der Waals surface area contributed by atoms with Gasteiger partial charge in [-0.2, -0.15) is 10.1 Å². The summed E-state index contributed by atoms with van der Waals surface area (Å²) in [5.74, 6) is 1.27. The summed E-state index contributed by atoms with van der Waals surface area (Å²) in [6.45, 7) is 3.95. The summed E-state index contributed by atoms with van der Waals surface area (Å²) in [7, 11) is 0. The predicted octanol–water partition coefficient (Wildman–Crippen LogP) is 3.68. The van der Waals surface area contributed by atoms with Gasteiger partial charge in [0.2, 0.25) is 0 Å². The Bertz CT molecular complexity index is 631. The Kier molecular flexibility index (Phi) is 4.10. The lowest BCUT2D eigenvalue weighted by molar-refractivity contribution is 0.461. The molecular weight excluding hydrogens is 286 g/mol.